The van der Waals surface area contributed by atoms with Gasteiger partial charge in [0.2, 0.25) is 0 Å². The van der Waals surface area contributed by atoms with E-state index in [-0.39, 0.29) is 0 Å². The third-order valence-electron chi connectivity index (χ3n) is 4.39. The molecule has 0 spiro atoms. The molecule has 1 fully saturated rings. The molecule has 2 nitrogen and oxygen atoms in total. The third kappa shape index (κ3) is 4.55. The molecule has 0 bridgehead atoms. The molecule has 2 rings (SSSR count). The lowest BCUT2D eigenvalue weighted by Gasteiger charge is -2.42. The van der Waals surface area contributed by atoms with Gasteiger partial charge in [-0.15, -0.1) is 11.3 Å². The Balaban J connectivity index is 1.96. The van der Waals surface area contributed by atoms with E-state index in [0.29, 0.717) is 5.41 Å². The van der Waals surface area contributed by atoms with Crippen molar-refractivity contribution in [1.29, 1.82) is 0 Å². The summed E-state index contributed by atoms with van der Waals surface area (Å²) in [5, 5.41) is 5.62. The molecule has 2 unspecified atom stereocenters. The van der Waals surface area contributed by atoms with Crippen LogP contribution in [-0.2, 0) is 6.54 Å². The third-order valence-corrected chi connectivity index (χ3v) is 6.07. The van der Waals surface area contributed by atoms with Crippen molar-refractivity contribution in [2.24, 2.45) is 11.3 Å². The van der Waals surface area contributed by atoms with Crippen molar-refractivity contribution in [2.45, 2.75) is 39.2 Å². The van der Waals surface area contributed by atoms with Gasteiger partial charge in [0.1, 0.15) is 0 Å². The predicted molar refractivity (Wildman–Crippen MR) is 92.3 cm³/mol. The zero-order valence-corrected chi connectivity index (χ0v) is 15.3. The highest BCUT2D eigenvalue weighted by Gasteiger charge is 2.35. The van der Waals surface area contributed by atoms with Crippen LogP contribution in [0.3, 0.4) is 0 Å². The number of nitrogens with zero attached hydrogens (tertiary/aromatic N) is 1. The first-order valence-corrected chi connectivity index (χ1v) is 9.26. The number of rotatable bonds is 6. The lowest BCUT2D eigenvalue weighted by atomic mass is 9.69. The van der Waals surface area contributed by atoms with E-state index < -0.39 is 0 Å². The van der Waals surface area contributed by atoms with Crippen LogP contribution in [0.25, 0.3) is 0 Å². The first-order chi connectivity index (χ1) is 9.53. The molecule has 1 N–H and O–H groups in total. The van der Waals surface area contributed by atoms with Gasteiger partial charge in [-0.2, -0.15) is 0 Å². The number of hydrogen-bond acceptors (Lipinski definition) is 3. The molecule has 20 heavy (non-hydrogen) atoms. The molecule has 0 aliphatic heterocycles. The van der Waals surface area contributed by atoms with Crippen LogP contribution in [0.2, 0.25) is 0 Å². The molecule has 2 atom stereocenters. The summed E-state index contributed by atoms with van der Waals surface area (Å²) < 4.78 is 1.21. The summed E-state index contributed by atoms with van der Waals surface area (Å²) in [6, 6.07) is 2.25. The van der Waals surface area contributed by atoms with Gasteiger partial charge < -0.3 is 10.2 Å². The Morgan fingerprint density at radius 3 is 2.95 bits per heavy atom. The van der Waals surface area contributed by atoms with Gasteiger partial charge >= 0.3 is 0 Å². The summed E-state index contributed by atoms with van der Waals surface area (Å²) >= 11 is 5.39. The predicted octanol–water partition coefficient (Wildman–Crippen LogP) is 4.36. The van der Waals surface area contributed by atoms with E-state index in [9.17, 15) is 0 Å². The average molecular weight is 359 g/mol. The summed E-state index contributed by atoms with van der Waals surface area (Å²) in [6.45, 7) is 5.83. The van der Waals surface area contributed by atoms with Crippen LogP contribution >= 0.6 is 27.3 Å². The fraction of sp³-hybridized carbons (Fsp3) is 0.750. The van der Waals surface area contributed by atoms with Crippen molar-refractivity contribution >= 4 is 27.3 Å². The minimum absolute atomic E-state index is 0.468. The van der Waals surface area contributed by atoms with Gasteiger partial charge in [-0.3, -0.25) is 0 Å². The van der Waals surface area contributed by atoms with Crippen molar-refractivity contribution in [2.75, 3.05) is 27.2 Å². The second-order valence-electron chi connectivity index (χ2n) is 6.64. The Hall–Kier alpha value is 0.1000. The molecule has 1 saturated carbocycles. The molecule has 1 aliphatic rings. The maximum Gasteiger partial charge on any atom is 0.0325 e. The second-order valence-corrected chi connectivity index (χ2v) is 8.55. The first kappa shape index (κ1) is 16.5. The number of thiophene rings is 1. The number of nitrogens with one attached hydrogen (secondary N) is 1. The fourth-order valence-electron chi connectivity index (χ4n) is 3.84. The molecule has 0 amide bonds. The molecular weight excluding hydrogens is 332 g/mol. The normalized spacial score (nSPS) is 27.1. The van der Waals surface area contributed by atoms with Crippen LogP contribution in [0.15, 0.2) is 15.9 Å². The van der Waals surface area contributed by atoms with Crippen molar-refractivity contribution < 1.29 is 0 Å². The summed E-state index contributed by atoms with van der Waals surface area (Å²) in [5.74, 6) is 0.876. The highest BCUT2D eigenvalue weighted by atomic mass is 79.9. The molecular formula is C16H27BrN2S. The van der Waals surface area contributed by atoms with Crippen LogP contribution < -0.4 is 5.32 Å². The highest BCUT2D eigenvalue weighted by molar-refractivity contribution is 9.10. The van der Waals surface area contributed by atoms with E-state index >= 15 is 0 Å². The zero-order valence-electron chi connectivity index (χ0n) is 12.9. The minimum Gasteiger partial charge on any atom is -0.319 e. The average Bonchev–Trinajstić information content (AvgIpc) is 2.74. The van der Waals surface area contributed by atoms with E-state index in [1.165, 1.54) is 41.6 Å². The van der Waals surface area contributed by atoms with E-state index in [1.54, 1.807) is 0 Å². The summed E-state index contributed by atoms with van der Waals surface area (Å²) in [6.07, 6.45) is 5.54. The van der Waals surface area contributed by atoms with Gasteiger partial charge in [0.15, 0.2) is 0 Å². The molecule has 0 saturated heterocycles. The number of hydrogen-bond donors (Lipinski definition) is 1. The standard InChI is InChI=1S/C16H27BrN2S/c1-13-5-4-6-16(8-13,11-18-2)12-19(3)9-15-7-14(17)10-20-15/h7,10,13,18H,4-6,8-9,11-12H2,1-3H3. The number of halogens is 1. The van der Waals surface area contributed by atoms with Crippen LogP contribution in [0.1, 0.15) is 37.5 Å². The van der Waals surface area contributed by atoms with E-state index in [2.05, 4.69) is 58.6 Å². The van der Waals surface area contributed by atoms with Crippen molar-refractivity contribution in [1.82, 2.24) is 10.2 Å². The Bertz CT molecular complexity index is 416. The molecule has 1 aromatic rings. The van der Waals surface area contributed by atoms with Gasteiger partial charge in [-0.1, -0.05) is 19.8 Å². The van der Waals surface area contributed by atoms with E-state index in [4.69, 9.17) is 0 Å². The quantitative estimate of drug-likeness (QED) is 0.812. The SMILES string of the molecule is CNCC1(CN(C)Cc2cc(Br)cs2)CCCC(C)C1. The molecule has 0 radical (unpaired) electrons. The Kier molecular flexibility index (Phi) is 6.09. The zero-order chi connectivity index (χ0) is 14.6. The second kappa shape index (κ2) is 7.39. The van der Waals surface area contributed by atoms with Crippen molar-refractivity contribution in [3.63, 3.8) is 0 Å². The highest BCUT2D eigenvalue weighted by Crippen LogP contribution is 2.39. The lowest BCUT2D eigenvalue weighted by molar-refractivity contribution is 0.0914. The van der Waals surface area contributed by atoms with Crippen LogP contribution in [0.4, 0.5) is 0 Å². The van der Waals surface area contributed by atoms with Gasteiger partial charge in [-0.25, -0.2) is 0 Å². The van der Waals surface area contributed by atoms with Gasteiger partial charge in [0.05, 0.1) is 0 Å². The molecule has 1 aliphatic carbocycles. The molecule has 1 aromatic heterocycles. The Morgan fingerprint density at radius 2 is 2.35 bits per heavy atom. The van der Waals surface area contributed by atoms with Gasteiger partial charge in [-0.05, 0) is 60.3 Å². The topological polar surface area (TPSA) is 15.3 Å². The molecule has 114 valence electrons. The largest absolute Gasteiger partial charge is 0.319 e. The van der Waals surface area contributed by atoms with Crippen molar-refractivity contribution in [3.05, 3.63) is 20.8 Å². The molecule has 0 aromatic carbocycles. The summed E-state index contributed by atoms with van der Waals surface area (Å²) in [7, 11) is 4.36. The molecule has 1 heterocycles. The van der Waals surface area contributed by atoms with Gasteiger partial charge in [0, 0.05) is 34.4 Å². The summed E-state index contributed by atoms with van der Waals surface area (Å²) in [4.78, 5) is 3.95. The maximum absolute atomic E-state index is 3.55. The minimum atomic E-state index is 0.468. The van der Waals surface area contributed by atoms with Crippen molar-refractivity contribution in [3.8, 4) is 0 Å². The van der Waals surface area contributed by atoms with Gasteiger partial charge in [0.25, 0.3) is 0 Å². The molecule has 4 heteroatoms. The fourth-order valence-corrected chi connectivity index (χ4v) is 5.37. The Labute approximate surface area is 136 Å². The van der Waals surface area contributed by atoms with Crippen LogP contribution in [0, 0.1) is 11.3 Å². The smallest absolute Gasteiger partial charge is 0.0325 e. The monoisotopic (exact) mass is 358 g/mol. The Morgan fingerprint density at radius 1 is 1.55 bits per heavy atom. The van der Waals surface area contributed by atoms with E-state index in [1.807, 2.05) is 11.3 Å². The van der Waals surface area contributed by atoms with Crippen LogP contribution in [0.5, 0.6) is 0 Å². The maximum atomic E-state index is 3.55. The van der Waals surface area contributed by atoms with E-state index in [0.717, 1.165) is 19.0 Å². The lowest BCUT2D eigenvalue weighted by Crippen LogP contribution is -2.44. The van der Waals surface area contributed by atoms with Crippen LogP contribution in [-0.4, -0.2) is 32.1 Å². The first-order valence-electron chi connectivity index (χ1n) is 7.59. The summed E-state index contributed by atoms with van der Waals surface area (Å²) in [5.41, 5.74) is 0.468.